The lowest BCUT2D eigenvalue weighted by molar-refractivity contribution is -0.144. The van der Waals surface area contributed by atoms with E-state index in [2.05, 4.69) is 0 Å². The lowest BCUT2D eigenvalue weighted by atomic mass is 10.1. The van der Waals surface area contributed by atoms with Crippen LogP contribution >= 0.6 is 11.6 Å². The van der Waals surface area contributed by atoms with E-state index in [1.165, 1.54) is 0 Å². The van der Waals surface area contributed by atoms with Crippen LogP contribution in [0.1, 0.15) is 12.5 Å². The van der Waals surface area contributed by atoms with Crippen molar-refractivity contribution in [3.05, 3.63) is 28.8 Å². The minimum atomic E-state index is -4.71. The fourth-order valence-corrected chi connectivity index (χ4v) is 1.39. The Kier molecular flexibility index (Phi) is 4.41. The summed E-state index contributed by atoms with van der Waals surface area (Å²) in [5.41, 5.74) is -1.67. The van der Waals surface area contributed by atoms with Crippen LogP contribution in [0.25, 0.3) is 0 Å². The van der Waals surface area contributed by atoms with E-state index in [-0.39, 0.29) is 5.02 Å². The van der Waals surface area contributed by atoms with Crippen LogP contribution in [0.2, 0.25) is 5.02 Å². The Morgan fingerprint density at radius 1 is 1.37 bits per heavy atom. The summed E-state index contributed by atoms with van der Waals surface area (Å²) in [7, 11) is 0. The molecule has 0 spiro atoms. The molecule has 1 rings (SSSR count). The molecule has 0 aromatic heterocycles. The summed E-state index contributed by atoms with van der Waals surface area (Å²) in [4.78, 5) is 22.0. The molecular weight excluding hydrogens is 287 g/mol. The lowest BCUT2D eigenvalue weighted by Crippen LogP contribution is -2.28. The number of benzene rings is 1. The van der Waals surface area contributed by atoms with E-state index < -0.39 is 35.2 Å². The molecule has 0 aliphatic heterocycles. The highest BCUT2D eigenvalue weighted by molar-refractivity contribution is 6.30. The maximum atomic E-state index is 12.7. The number of alkyl halides is 3. The highest BCUT2D eigenvalue weighted by Crippen LogP contribution is 2.36. The maximum absolute atomic E-state index is 12.7. The van der Waals surface area contributed by atoms with E-state index in [0.29, 0.717) is 6.07 Å². The summed E-state index contributed by atoms with van der Waals surface area (Å²) in [6, 6.07) is 2.79. The first-order valence-corrected chi connectivity index (χ1v) is 5.41. The van der Waals surface area contributed by atoms with Gasteiger partial charge >= 0.3 is 12.1 Å². The summed E-state index contributed by atoms with van der Waals surface area (Å²) in [6.07, 6.45) is -4.71. The first-order chi connectivity index (χ1) is 8.62. The molecule has 4 nitrogen and oxygen atoms in total. The molecule has 0 saturated heterocycles. The van der Waals surface area contributed by atoms with Crippen molar-refractivity contribution in [2.45, 2.75) is 13.1 Å². The van der Waals surface area contributed by atoms with Crippen molar-refractivity contribution in [2.75, 3.05) is 5.32 Å². The molecule has 1 amide bonds. The molecular formula is C11H9ClF3NO3. The fraction of sp³-hybridized carbons (Fsp3) is 0.273. The predicted molar refractivity (Wildman–Crippen MR) is 61.9 cm³/mol. The number of carboxylic acids is 1. The molecule has 104 valence electrons. The van der Waals surface area contributed by atoms with Gasteiger partial charge < -0.3 is 10.4 Å². The highest BCUT2D eigenvalue weighted by atomic mass is 35.5. The first kappa shape index (κ1) is 15.3. The van der Waals surface area contributed by atoms with Crippen LogP contribution < -0.4 is 5.32 Å². The zero-order chi connectivity index (χ0) is 14.8. The third-order valence-corrected chi connectivity index (χ3v) is 2.54. The van der Waals surface area contributed by atoms with E-state index in [1.807, 2.05) is 5.32 Å². The van der Waals surface area contributed by atoms with Gasteiger partial charge in [-0.1, -0.05) is 11.6 Å². The SMILES string of the molecule is CC(C(=O)O)C(=O)Nc1ccc(Cl)cc1C(F)(F)F. The van der Waals surface area contributed by atoms with Crippen molar-refractivity contribution in [2.24, 2.45) is 5.92 Å². The number of aliphatic carboxylic acids is 1. The van der Waals surface area contributed by atoms with Gasteiger partial charge in [0, 0.05) is 5.02 Å². The molecule has 0 saturated carbocycles. The Labute approximate surface area is 111 Å². The van der Waals surface area contributed by atoms with Gasteiger partial charge in [0.25, 0.3) is 0 Å². The number of carboxylic acid groups (broad SMARTS) is 1. The molecule has 0 heterocycles. The van der Waals surface area contributed by atoms with Gasteiger partial charge in [-0.3, -0.25) is 9.59 Å². The van der Waals surface area contributed by atoms with Gasteiger partial charge in [-0.25, -0.2) is 0 Å². The molecule has 0 fully saturated rings. The van der Waals surface area contributed by atoms with Gasteiger partial charge in [0.05, 0.1) is 11.3 Å². The second-order valence-corrected chi connectivity index (χ2v) is 4.17. The molecule has 1 unspecified atom stereocenters. The van der Waals surface area contributed by atoms with Crippen molar-refractivity contribution in [1.29, 1.82) is 0 Å². The van der Waals surface area contributed by atoms with Crippen LogP contribution in [0.15, 0.2) is 18.2 Å². The molecule has 1 atom stereocenters. The normalized spacial score (nSPS) is 12.9. The van der Waals surface area contributed by atoms with E-state index in [9.17, 15) is 22.8 Å². The zero-order valence-corrected chi connectivity index (χ0v) is 10.3. The topological polar surface area (TPSA) is 66.4 Å². The second kappa shape index (κ2) is 5.48. The Hall–Kier alpha value is -1.76. The average Bonchev–Trinajstić information content (AvgIpc) is 2.28. The van der Waals surface area contributed by atoms with Crippen LogP contribution in [-0.2, 0) is 15.8 Å². The summed E-state index contributed by atoms with van der Waals surface area (Å²) < 4.78 is 38.1. The van der Waals surface area contributed by atoms with Gasteiger partial charge in [0.2, 0.25) is 5.91 Å². The fourth-order valence-electron chi connectivity index (χ4n) is 1.21. The van der Waals surface area contributed by atoms with Crippen molar-refractivity contribution < 1.29 is 27.9 Å². The van der Waals surface area contributed by atoms with Crippen LogP contribution in [-0.4, -0.2) is 17.0 Å². The number of anilines is 1. The summed E-state index contributed by atoms with van der Waals surface area (Å²) in [6.45, 7) is 1.07. The molecule has 0 aliphatic rings. The van der Waals surface area contributed by atoms with E-state index in [1.54, 1.807) is 0 Å². The quantitative estimate of drug-likeness (QED) is 0.842. The predicted octanol–water partition coefficient (Wildman–Crippen LogP) is 3.02. The third-order valence-electron chi connectivity index (χ3n) is 2.31. The zero-order valence-electron chi connectivity index (χ0n) is 9.58. The maximum Gasteiger partial charge on any atom is 0.418 e. The van der Waals surface area contributed by atoms with Crippen LogP contribution in [0.4, 0.5) is 18.9 Å². The van der Waals surface area contributed by atoms with Gasteiger partial charge in [0.15, 0.2) is 0 Å². The number of halogens is 4. The molecule has 19 heavy (non-hydrogen) atoms. The average molecular weight is 296 g/mol. The van der Waals surface area contributed by atoms with Crippen LogP contribution in [0.3, 0.4) is 0 Å². The monoisotopic (exact) mass is 295 g/mol. The molecule has 0 bridgehead atoms. The summed E-state index contributed by atoms with van der Waals surface area (Å²) >= 11 is 5.47. The molecule has 1 aromatic rings. The summed E-state index contributed by atoms with van der Waals surface area (Å²) in [5, 5.41) is 10.4. The van der Waals surface area contributed by atoms with Gasteiger partial charge in [-0.05, 0) is 25.1 Å². The van der Waals surface area contributed by atoms with Gasteiger partial charge in [0.1, 0.15) is 5.92 Å². The number of hydrogen-bond donors (Lipinski definition) is 2. The molecule has 0 radical (unpaired) electrons. The van der Waals surface area contributed by atoms with E-state index in [0.717, 1.165) is 19.1 Å². The van der Waals surface area contributed by atoms with Crippen molar-refractivity contribution in [3.63, 3.8) is 0 Å². The Bertz CT molecular complexity index is 516. The molecule has 8 heteroatoms. The molecule has 0 aliphatic carbocycles. The van der Waals surface area contributed by atoms with E-state index >= 15 is 0 Å². The highest BCUT2D eigenvalue weighted by Gasteiger charge is 2.34. The Morgan fingerprint density at radius 2 is 1.95 bits per heavy atom. The third kappa shape index (κ3) is 3.85. The second-order valence-electron chi connectivity index (χ2n) is 3.74. The minimum absolute atomic E-state index is 0.142. The van der Waals surface area contributed by atoms with Crippen LogP contribution in [0.5, 0.6) is 0 Å². The number of amides is 1. The van der Waals surface area contributed by atoms with Gasteiger partial charge in [-0.2, -0.15) is 13.2 Å². The lowest BCUT2D eigenvalue weighted by Gasteiger charge is -2.15. The van der Waals surface area contributed by atoms with Crippen molar-refractivity contribution >= 4 is 29.2 Å². The smallest absolute Gasteiger partial charge is 0.418 e. The summed E-state index contributed by atoms with van der Waals surface area (Å²) in [5.74, 6) is -3.93. The Balaban J connectivity index is 3.08. The number of rotatable bonds is 3. The van der Waals surface area contributed by atoms with E-state index in [4.69, 9.17) is 16.7 Å². The standard InChI is InChI=1S/C11H9ClF3NO3/c1-5(10(18)19)9(17)16-8-3-2-6(12)4-7(8)11(13,14)15/h2-5H,1H3,(H,16,17)(H,18,19). The van der Waals surface area contributed by atoms with Gasteiger partial charge in [-0.15, -0.1) is 0 Å². The Morgan fingerprint density at radius 3 is 2.42 bits per heavy atom. The number of hydrogen-bond acceptors (Lipinski definition) is 2. The number of nitrogens with one attached hydrogen (secondary N) is 1. The largest absolute Gasteiger partial charge is 0.481 e. The molecule has 1 aromatic carbocycles. The van der Waals surface area contributed by atoms with Crippen molar-refractivity contribution in [3.8, 4) is 0 Å². The first-order valence-electron chi connectivity index (χ1n) is 5.03. The van der Waals surface area contributed by atoms with Crippen LogP contribution in [0, 0.1) is 5.92 Å². The minimum Gasteiger partial charge on any atom is -0.481 e. The number of carbonyl (C=O) groups excluding carboxylic acids is 1. The molecule has 2 N–H and O–H groups in total. The number of carbonyl (C=O) groups is 2. The van der Waals surface area contributed by atoms with Crippen molar-refractivity contribution in [1.82, 2.24) is 0 Å².